The SMILES string of the molecule is O=C(O)Cc1cccc(-c2cnn(C3CCCC3)c2)c1. The maximum atomic E-state index is 10.8. The molecule has 20 heavy (non-hydrogen) atoms. The molecule has 1 aromatic carbocycles. The number of carbonyl (C=O) groups is 1. The normalized spacial score (nSPS) is 15.6. The van der Waals surface area contributed by atoms with Gasteiger partial charge in [0.1, 0.15) is 0 Å². The van der Waals surface area contributed by atoms with Crippen molar-refractivity contribution in [1.82, 2.24) is 9.78 Å². The summed E-state index contributed by atoms with van der Waals surface area (Å²) in [4.78, 5) is 10.8. The van der Waals surface area contributed by atoms with Gasteiger partial charge in [-0.1, -0.05) is 37.1 Å². The van der Waals surface area contributed by atoms with Crippen molar-refractivity contribution in [2.24, 2.45) is 0 Å². The van der Waals surface area contributed by atoms with E-state index in [1.54, 1.807) is 0 Å². The van der Waals surface area contributed by atoms with Crippen molar-refractivity contribution in [3.05, 3.63) is 42.2 Å². The number of aliphatic carboxylic acids is 1. The maximum absolute atomic E-state index is 10.8. The molecular formula is C16H18N2O2. The fourth-order valence-electron chi connectivity index (χ4n) is 2.89. The quantitative estimate of drug-likeness (QED) is 0.927. The minimum absolute atomic E-state index is 0.0601. The van der Waals surface area contributed by atoms with Gasteiger partial charge in [-0.2, -0.15) is 5.10 Å². The van der Waals surface area contributed by atoms with Gasteiger partial charge in [0.15, 0.2) is 0 Å². The highest BCUT2D eigenvalue weighted by Gasteiger charge is 2.17. The van der Waals surface area contributed by atoms with Crippen LogP contribution in [0.4, 0.5) is 0 Å². The Morgan fingerprint density at radius 1 is 1.30 bits per heavy atom. The molecule has 104 valence electrons. The second-order valence-corrected chi connectivity index (χ2v) is 5.42. The number of carboxylic acid groups (broad SMARTS) is 1. The summed E-state index contributed by atoms with van der Waals surface area (Å²) in [6.45, 7) is 0. The van der Waals surface area contributed by atoms with E-state index in [-0.39, 0.29) is 6.42 Å². The third-order valence-electron chi connectivity index (χ3n) is 3.92. The highest BCUT2D eigenvalue weighted by molar-refractivity contribution is 5.71. The van der Waals surface area contributed by atoms with E-state index < -0.39 is 5.97 Å². The number of hydrogen-bond acceptors (Lipinski definition) is 2. The Morgan fingerprint density at radius 3 is 2.85 bits per heavy atom. The lowest BCUT2D eigenvalue weighted by molar-refractivity contribution is -0.136. The van der Waals surface area contributed by atoms with Crippen molar-refractivity contribution < 1.29 is 9.90 Å². The highest BCUT2D eigenvalue weighted by atomic mass is 16.4. The van der Waals surface area contributed by atoms with E-state index in [9.17, 15) is 4.79 Å². The van der Waals surface area contributed by atoms with E-state index in [0.29, 0.717) is 6.04 Å². The van der Waals surface area contributed by atoms with Gasteiger partial charge in [-0.15, -0.1) is 0 Å². The summed E-state index contributed by atoms with van der Waals surface area (Å²) in [5, 5.41) is 13.3. The van der Waals surface area contributed by atoms with Crippen LogP contribution in [0.1, 0.15) is 37.3 Å². The van der Waals surface area contributed by atoms with Gasteiger partial charge >= 0.3 is 5.97 Å². The maximum Gasteiger partial charge on any atom is 0.307 e. The van der Waals surface area contributed by atoms with Gasteiger partial charge in [-0.05, 0) is 24.0 Å². The van der Waals surface area contributed by atoms with Crippen LogP contribution in [0.3, 0.4) is 0 Å². The van der Waals surface area contributed by atoms with Crippen molar-refractivity contribution in [3.63, 3.8) is 0 Å². The molecule has 1 fully saturated rings. The van der Waals surface area contributed by atoms with Crippen molar-refractivity contribution >= 4 is 5.97 Å². The molecule has 3 rings (SSSR count). The number of rotatable bonds is 4. The van der Waals surface area contributed by atoms with Crippen LogP contribution >= 0.6 is 0 Å². The number of benzene rings is 1. The van der Waals surface area contributed by atoms with Crippen LogP contribution in [-0.2, 0) is 11.2 Å². The summed E-state index contributed by atoms with van der Waals surface area (Å²) in [7, 11) is 0. The van der Waals surface area contributed by atoms with Crippen LogP contribution in [0.15, 0.2) is 36.7 Å². The molecule has 0 unspecified atom stereocenters. The average Bonchev–Trinajstić information content (AvgIpc) is 3.09. The molecule has 4 nitrogen and oxygen atoms in total. The predicted molar refractivity (Wildman–Crippen MR) is 76.5 cm³/mol. The van der Waals surface area contributed by atoms with Gasteiger partial charge in [-0.3, -0.25) is 9.48 Å². The van der Waals surface area contributed by atoms with Crippen LogP contribution in [0.5, 0.6) is 0 Å². The van der Waals surface area contributed by atoms with E-state index in [1.807, 2.05) is 30.5 Å². The van der Waals surface area contributed by atoms with Gasteiger partial charge < -0.3 is 5.11 Å². The molecule has 4 heteroatoms. The average molecular weight is 270 g/mol. The van der Waals surface area contributed by atoms with Crippen molar-refractivity contribution in [2.75, 3.05) is 0 Å². The summed E-state index contributed by atoms with van der Waals surface area (Å²) < 4.78 is 2.06. The molecule has 1 aliphatic carbocycles. The Labute approximate surface area is 118 Å². The zero-order valence-electron chi connectivity index (χ0n) is 11.3. The fraction of sp³-hybridized carbons (Fsp3) is 0.375. The minimum atomic E-state index is -0.802. The number of nitrogens with zero attached hydrogens (tertiary/aromatic N) is 2. The van der Waals surface area contributed by atoms with Gasteiger partial charge in [0.25, 0.3) is 0 Å². The third-order valence-corrected chi connectivity index (χ3v) is 3.92. The lowest BCUT2D eigenvalue weighted by atomic mass is 10.0. The molecule has 0 bridgehead atoms. The fourth-order valence-corrected chi connectivity index (χ4v) is 2.89. The van der Waals surface area contributed by atoms with Crippen LogP contribution in [0.2, 0.25) is 0 Å². The summed E-state index contributed by atoms with van der Waals surface area (Å²) in [5.41, 5.74) is 2.92. The van der Waals surface area contributed by atoms with E-state index >= 15 is 0 Å². The zero-order chi connectivity index (χ0) is 13.9. The molecule has 2 aromatic rings. The first-order chi connectivity index (χ1) is 9.72. The Kier molecular flexibility index (Phi) is 3.54. The summed E-state index contributed by atoms with van der Waals surface area (Å²) in [6, 6.07) is 8.22. The highest BCUT2D eigenvalue weighted by Crippen LogP contribution is 2.30. The van der Waals surface area contributed by atoms with Crippen LogP contribution < -0.4 is 0 Å². The number of carboxylic acids is 1. The Hall–Kier alpha value is -2.10. The smallest absolute Gasteiger partial charge is 0.307 e. The summed E-state index contributed by atoms with van der Waals surface area (Å²) >= 11 is 0. The molecule has 1 N–H and O–H groups in total. The third kappa shape index (κ3) is 2.74. The first-order valence-electron chi connectivity index (χ1n) is 7.07. The Balaban J connectivity index is 1.83. The van der Waals surface area contributed by atoms with E-state index in [2.05, 4.69) is 16.0 Å². The topological polar surface area (TPSA) is 55.1 Å². The first-order valence-corrected chi connectivity index (χ1v) is 7.07. The predicted octanol–water partition coefficient (Wildman–Crippen LogP) is 3.29. The lowest BCUT2D eigenvalue weighted by Crippen LogP contribution is -2.04. The van der Waals surface area contributed by atoms with Crippen molar-refractivity contribution in [2.45, 2.75) is 38.1 Å². The van der Waals surface area contributed by atoms with Crippen LogP contribution in [0.25, 0.3) is 11.1 Å². The van der Waals surface area contributed by atoms with E-state index in [0.717, 1.165) is 16.7 Å². The molecule has 1 saturated carbocycles. The monoisotopic (exact) mass is 270 g/mol. The molecule has 0 spiro atoms. The largest absolute Gasteiger partial charge is 0.481 e. The standard InChI is InChI=1S/C16H18N2O2/c19-16(20)9-12-4-3-5-13(8-12)14-10-17-18(11-14)15-6-1-2-7-15/h3-5,8,10-11,15H,1-2,6-7,9H2,(H,19,20). The Bertz CT molecular complexity index is 612. The zero-order valence-corrected chi connectivity index (χ0v) is 11.3. The summed E-state index contributed by atoms with van der Waals surface area (Å²) in [5.74, 6) is -0.802. The molecule has 1 aliphatic rings. The molecule has 0 amide bonds. The second kappa shape index (κ2) is 5.49. The Morgan fingerprint density at radius 2 is 2.10 bits per heavy atom. The van der Waals surface area contributed by atoms with Crippen molar-refractivity contribution in [3.8, 4) is 11.1 Å². The molecule has 0 saturated heterocycles. The van der Waals surface area contributed by atoms with Crippen LogP contribution in [0, 0.1) is 0 Å². The van der Waals surface area contributed by atoms with Gasteiger partial charge in [-0.25, -0.2) is 0 Å². The first kappa shape index (κ1) is 12.9. The molecule has 1 heterocycles. The van der Waals surface area contributed by atoms with Gasteiger partial charge in [0.2, 0.25) is 0 Å². The lowest BCUT2D eigenvalue weighted by Gasteiger charge is -2.08. The van der Waals surface area contributed by atoms with E-state index in [4.69, 9.17) is 5.11 Å². The minimum Gasteiger partial charge on any atom is -0.481 e. The number of aromatic nitrogens is 2. The molecule has 1 aromatic heterocycles. The molecular weight excluding hydrogens is 252 g/mol. The number of hydrogen-bond donors (Lipinski definition) is 1. The van der Waals surface area contributed by atoms with Gasteiger partial charge in [0, 0.05) is 11.8 Å². The molecule has 0 atom stereocenters. The molecule has 0 radical (unpaired) electrons. The molecule has 0 aliphatic heterocycles. The van der Waals surface area contributed by atoms with Crippen LogP contribution in [-0.4, -0.2) is 20.9 Å². The van der Waals surface area contributed by atoms with Gasteiger partial charge in [0.05, 0.1) is 18.7 Å². The van der Waals surface area contributed by atoms with E-state index in [1.165, 1.54) is 25.7 Å². The summed E-state index contributed by atoms with van der Waals surface area (Å²) in [6.07, 6.45) is 9.00. The second-order valence-electron chi connectivity index (χ2n) is 5.42. The van der Waals surface area contributed by atoms with Crippen molar-refractivity contribution in [1.29, 1.82) is 0 Å².